The van der Waals surface area contributed by atoms with E-state index in [4.69, 9.17) is 14.2 Å². The van der Waals surface area contributed by atoms with Crippen LogP contribution < -0.4 is 0 Å². The van der Waals surface area contributed by atoms with Gasteiger partial charge in [0.2, 0.25) is 0 Å². The summed E-state index contributed by atoms with van der Waals surface area (Å²) in [6, 6.07) is 0. The van der Waals surface area contributed by atoms with Gasteiger partial charge in [0.05, 0.1) is 0 Å². The molecule has 0 aliphatic heterocycles. The third-order valence-corrected chi connectivity index (χ3v) is 15.5. The van der Waals surface area contributed by atoms with Crippen LogP contribution in [-0.4, -0.2) is 37.2 Å². The molecule has 0 aromatic heterocycles. The summed E-state index contributed by atoms with van der Waals surface area (Å²) in [4.78, 5) is 38.5. The van der Waals surface area contributed by atoms with Gasteiger partial charge in [-0.1, -0.05) is 311 Å². The number of rotatable bonds is 65. The topological polar surface area (TPSA) is 78.9 Å². The van der Waals surface area contributed by atoms with Crippen LogP contribution in [0, 0.1) is 0 Å². The summed E-state index contributed by atoms with van der Waals surface area (Å²) in [5.74, 6) is -0.878. The highest BCUT2D eigenvalue weighted by Gasteiger charge is 2.19. The van der Waals surface area contributed by atoms with Crippen molar-refractivity contribution in [3.05, 3.63) is 97.2 Å². The van der Waals surface area contributed by atoms with Crippen molar-refractivity contribution < 1.29 is 28.6 Å². The largest absolute Gasteiger partial charge is 0.462 e. The Morgan fingerprint density at radius 1 is 0.253 bits per heavy atom. The quantitative estimate of drug-likeness (QED) is 0.0261. The molecule has 0 spiro atoms. The fourth-order valence-electron chi connectivity index (χ4n) is 10.2. The van der Waals surface area contributed by atoms with Crippen molar-refractivity contribution in [1.82, 2.24) is 0 Å². The first-order valence-corrected chi connectivity index (χ1v) is 35.7. The van der Waals surface area contributed by atoms with Gasteiger partial charge in [-0.3, -0.25) is 14.4 Å². The molecule has 6 nitrogen and oxygen atoms in total. The summed E-state index contributed by atoms with van der Waals surface area (Å²) in [7, 11) is 0. The van der Waals surface area contributed by atoms with Gasteiger partial charge in [-0.05, 0) is 122 Å². The monoisotopic (exact) mass is 1160 g/mol. The van der Waals surface area contributed by atoms with E-state index in [-0.39, 0.29) is 31.1 Å². The molecule has 478 valence electrons. The minimum atomic E-state index is -0.787. The number of hydrogen-bond acceptors (Lipinski definition) is 6. The number of ether oxygens (including phenoxy) is 3. The van der Waals surface area contributed by atoms with Crippen LogP contribution in [0.15, 0.2) is 97.2 Å². The van der Waals surface area contributed by atoms with Crippen molar-refractivity contribution in [2.45, 2.75) is 361 Å². The number of carbonyl (C=O) groups is 3. The summed E-state index contributed by atoms with van der Waals surface area (Å²) < 4.78 is 17.0. The molecule has 6 heteroatoms. The van der Waals surface area contributed by atoms with Crippen LogP contribution in [0.2, 0.25) is 0 Å². The smallest absolute Gasteiger partial charge is 0.306 e. The molecule has 0 rings (SSSR count). The molecule has 0 aliphatic carbocycles. The van der Waals surface area contributed by atoms with Crippen LogP contribution in [-0.2, 0) is 28.6 Å². The Balaban J connectivity index is 4.40. The molecule has 0 radical (unpaired) electrons. The first-order valence-electron chi connectivity index (χ1n) is 35.7. The van der Waals surface area contributed by atoms with E-state index in [1.54, 1.807) is 0 Å². The molecular weight excluding hydrogens is 1020 g/mol. The third kappa shape index (κ3) is 69.0. The molecule has 83 heavy (non-hydrogen) atoms. The standard InChI is InChI=1S/C77H134O6/c1-4-7-10-13-16-19-22-25-28-31-34-36-38-40-43-46-49-52-55-58-61-64-67-70-76(79)82-73-74(72-81-75(78)69-66-63-60-57-54-51-48-45-42-33-30-27-24-21-18-15-12-9-6-3)83-77(80)71-68-65-62-59-56-53-50-47-44-41-39-37-35-32-29-26-23-20-17-14-11-8-5-2/h7,10,16,19,23,25-28,30,32,34-36,39,41,74H,4-6,8-9,11-15,17-18,20-22,24,29,31,33,37-38,40,42-73H2,1-3H3/b10-7-,19-16-,26-23-,28-25-,30-27-,35-32-,36-34-,41-39-. The number of hydrogen-bond donors (Lipinski definition) is 0. The number of carbonyl (C=O) groups excluding carboxylic acids is 3. The second-order valence-corrected chi connectivity index (χ2v) is 23.8. The fraction of sp³-hybridized carbons (Fsp3) is 0.753. The molecule has 0 amide bonds. The number of unbranched alkanes of at least 4 members (excludes halogenated alkanes) is 38. The van der Waals surface area contributed by atoms with E-state index >= 15 is 0 Å². The van der Waals surface area contributed by atoms with E-state index < -0.39 is 6.10 Å². The Hall–Kier alpha value is -3.67. The summed E-state index contributed by atoms with van der Waals surface area (Å²) in [6.07, 6.45) is 95.6. The lowest BCUT2D eigenvalue weighted by Crippen LogP contribution is -2.30. The molecule has 0 heterocycles. The van der Waals surface area contributed by atoms with E-state index in [0.29, 0.717) is 19.3 Å². The van der Waals surface area contributed by atoms with Gasteiger partial charge < -0.3 is 14.2 Å². The maximum atomic E-state index is 13.0. The minimum Gasteiger partial charge on any atom is -0.462 e. The second kappa shape index (κ2) is 70.8. The molecule has 0 bridgehead atoms. The zero-order valence-electron chi connectivity index (χ0n) is 54.9. The van der Waals surface area contributed by atoms with Gasteiger partial charge in [-0.25, -0.2) is 0 Å². The average Bonchev–Trinajstić information content (AvgIpc) is 3.49. The van der Waals surface area contributed by atoms with Gasteiger partial charge in [0.15, 0.2) is 6.10 Å². The van der Waals surface area contributed by atoms with Gasteiger partial charge in [0.25, 0.3) is 0 Å². The summed E-state index contributed by atoms with van der Waals surface area (Å²) in [6.45, 7) is 6.55. The van der Waals surface area contributed by atoms with Crippen molar-refractivity contribution in [2.75, 3.05) is 13.2 Å². The highest BCUT2D eigenvalue weighted by Crippen LogP contribution is 2.17. The molecule has 0 aliphatic rings. The summed E-state index contributed by atoms with van der Waals surface area (Å²) in [5, 5.41) is 0. The van der Waals surface area contributed by atoms with Crippen LogP contribution in [0.5, 0.6) is 0 Å². The second-order valence-electron chi connectivity index (χ2n) is 23.8. The van der Waals surface area contributed by atoms with Crippen molar-refractivity contribution in [3.8, 4) is 0 Å². The zero-order valence-corrected chi connectivity index (χ0v) is 54.9. The van der Waals surface area contributed by atoms with Crippen molar-refractivity contribution >= 4 is 17.9 Å². The van der Waals surface area contributed by atoms with E-state index in [1.165, 1.54) is 212 Å². The predicted octanol–water partition coefficient (Wildman–Crippen LogP) is 24.8. The summed E-state index contributed by atoms with van der Waals surface area (Å²) in [5.41, 5.74) is 0. The average molecular weight is 1160 g/mol. The Bertz CT molecular complexity index is 1610. The number of allylic oxidation sites excluding steroid dienone is 16. The minimum absolute atomic E-state index is 0.0812. The van der Waals surface area contributed by atoms with Crippen molar-refractivity contribution in [1.29, 1.82) is 0 Å². The molecule has 0 aromatic carbocycles. The highest BCUT2D eigenvalue weighted by molar-refractivity contribution is 5.71. The summed E-state index contributed by atoms with van der Waals surface area (Å²) >= 11 is 0. The lowest BCUT2D eigenvalue weighted by molar-refractivity contribution is -0.167. The van der Waals surface area contributed by atoms with Gasteiger partial charge in [-0.2, -0.15) is 0 Å². The van der Waals surface area contributed by atoms with Gasteiger partial charge in [0.1, 0.15) is 13.2 Å². The molecular formula is C77H134O6. The molecule has 0 saturated heterocycles. The maximum Gasteiger partial charge on any atom is 0.306 e. The van der Waals surface area contributed by atoms with Crippen molar-refractivity contribution in [2.24, 2.45) is 0 Å². The first kappa shape index (κ1) is 79.3. The van der Waals surface area contributed by atoms with Crippen LogP contribution in [0.1, 0.15) is 355 Å². The van der Waals surface area contributed by atoms with E-state index in [0.717, 1.165) is 103 Å². The van der Waals surface area contributed by atoms with Crippen LogP contribution in [0.3, 0.4) is 0 Å². The Kier molecular flexibility index (Phi) is 67.7. The molecule has 0 saturated carbocycles. The van der Waals surface area contributed by atoms with E-state index in [1.807, 2.05) is 0 Å². The van der Waals surface area contributed by atoms with Crippen LogP contribution in [0.25, 0.3) is 0 Å². The first-order chi connectivity index (χ1) is 41.0. The fourth-order valence-corrected chi connectivity index (χ4v) is 10.2. The third-order valence-electron chi connectivity index (χ3n) is 15.5. The number of esters is 3. The molecule has 1 unspecified atom stereocenters. The van der Waals surface area contributed by atoms with Gasteiger partial charge in [-0.15, -0.1) is 0 Å². The lowest BCUT2D eigenvalue weighted by atomic mass is 10.1. The predicted molar refractivity (Wildman–Crippen MR) is 362 cm³/mol. The highest BCUT2D eigenvalue weighted by atomic mass is 16.6. The normalized spacial score (nSPS) is 12.7. The molecule has 0 N–H and O–H groups in total. The van der Waals surface area contributed by atoms with Crippen molar-refractivity contribution in [3.63, 3.8) is 0 Å². The van der Waals surface area contributed by atoms with Gasteiger partial charge >= 0.3 is 17.9 Å². The van der Waals surface area contributed by atoms with E-state index in [9.17, 15) is 14.4 Å². The Morgan fingerprint density at radius 3 is 0.747 bits per heavy atom. The lowest BCUT2D eigenvalue weighted by Gasteiger charge is -2.18. The van der Waals surface area contributed by atoms with E-state index in [2.05, 4.69) is 118 Å². The molecule has 0 fully saturated rings. The molecule has 1 atom stereocenters. The Labute approximate surface area is 515 Å². The maximum absolute atomic E-state index is 13.0. The Morgan fingerprint density at radius 2 is 0.470 bits per heavy atom. The van der Waals surface area contributed by atoms with Crippen LogP contribution >= 0.6 is 0 Å². The zero-order chi connectivity index (χ0) is 59.9. The van der Waals surface area contributed by atoms with Crippen LogP contribution in [0.4, 0.5) is 0 Å². The SMILES string of the molecule is CC/C=C\C/C=C\C/C=C\C/C=C\CCCCCCCCCCCCC(=O)OCC(COC(=O)CCCCCCCCCCC/C=C\CCCCCCCC)OC(=O)CCCCCCCCCC/C=C\C/C=C\C/C=C\CCCCCCC. The molecule has 0 aromatic rings. The van der Waals surface area contributed by atoms with Gasteiger partial charge in [0, 0.05) is 19.3 Å².